The number of nitrogens with two attached hydrogens (primary N) is 1. The number of nitrogens with zero attached hydrogens (tertiary/aromatic N) is 1. The van der Waals surface area contributed by atoms with Crippen LogP contribution in [-0.2, 0) is 4.79 Å². The molecule has 0 aliphatic carbocycles. The summed E-state index contributed by atoms with van der Waals surface area (Å²) in [6.45, 7) is 11.0. The number of carbonyl (C=O) groups excluding carboxylic acids is 1. The van der Waals surface area contributed by atoms with Crippen molar-refractivity contribution in [1.29, 1.82) is 0 Å². The van der Waals surface area contributed by atoms with Gasteiger partial charge in [-0.05, 0) is 50.1 Å². The van der Waals surface area contributed by atoms with Crippen molar-refractivity contribution in [3.8, 4) is 0 Å². The first kappa shape index (κ1) is 14.5. The van der Waals surface area contributed by atoms with Gasteiger partial charge in [-0.2, -0.15) is 0 Å². The fraction of sp³-hybridized carbons (Fsp3) is 0.929. The van der Waals surface area contributed by atoms with E-state index in [1.165, 1.54) is 19.3 Å². The van der Waals surface area contributed by atoms with Crippen molar-refractivity contribution in [3.05, 3.63) is 0 Å². The molecule has 1 rings (SSSR count). The summed E-state index contributed by atoms with van der Waals surface area (Å²) >= 11 is 0. The summed E-state index contributed by atoms with van der Waals surface area (Å²) in [7, 11) is 0. The first-order valence-corrected chi connectivity index (χ1v) is 6.89. The van der Waals surface area contributed by atoms with E-state index in [9.17, 15) is 4.79 Å². The molecule has 0 bridgehead atoms. The molecule has 1 fully saturated rings. The van der Waals surface area contributed by atoms with Gasteiger partial charge in [0.05, 0.1) is 6.04 Å². The number of rotatable bonds is 3. The zero-order valence-corrected chi connectivity index (χ0v) is 11.8. The lowest BCUT2D eigenvalue weighted by Crippen LogP contribution is -2.44. The van der Waals surface area contributed by atoms with Crippen LogP contribution in [0.15, 0.2) is 0 Å². The Morgan fingerprint density at radius 2 is 2.00 bits per heavy atom. The topological polar surface area (TPSA) is 46.3 Å². The van der Waals surface area contributed by atoms with Gasteiger partial charge in [0.25, 0.3) is 0 Å². The Labute approximate surface area is 106 Å². The van der Waals surface area contributed by atoms with Gasteiger partial charge in [0, 0.05) is 0 Å². The molecule has 0 spiro atoms. The molecule has 0 aromatic rings. The van der Waals surface area contributed by atoms with Crippen molar-refractivity contribution in [1.82, 2.24) is 4.90 Å². The van der Waals surface area contributed by atoms with Gasteiger partial charge in [0.1, 0.15) is 0 Å². The Hall–Kier alpha value is -0.570. The highest BCUT2D eigenvalue weighted by Gasteiger charge is 2.30. The number of primary amides is 1. The zero-order valence-electron chi connectivity index (χ0n) is 11.8. The molecule has 3 nitrogen and oxygen atoms in total. The second kappa shape index (κ2) is 5.85. The van der Waals surface area contributed by atoms with Crippen LogP contribution in [-0.4, -0.2) is 29.9 Å². The minimum atomic E-state index is -0.165. The van der Waals surface area contributed by atoms with Gasteiger partial charge in [0.15, 0.2) is 0 Å². The van der Waals surface area contributed by atoms with E-state index >= 15 is 0 Å². The SMILES string of the molecule is CCC(C(N)=O)N1CCCC(C(C)(C)C)CC1. The Balaban J connectivity index is 2.61. The van der Waals surface area contributed by atoms with Crippen LogP contribution in [0.3, 0.4) is 0 Å². The molecule has 3 heteroatoms. The van der Waals surface area contributed by atoms with Crippen molar-refractivity contribution < 1.29 is 4.79 Å². The fourth-order valence-electron chi connectivity index (χ4n) is 2.94. The molecule has 17 heavy (non-hydrogen) atoms. The molecule has 1 amide bonds. The molecule has 1 aliphatic rings. The average Bonchev–Trinajstić information content (AvgIpc) is 2.43. The van der Waals surface area contributed by atoms with Crippen LogP contribution >= 0.6 is 0 Å². The van der Waals surface area contributed by atoms with Gasteiger partial charge < -0.3 is 5.73 Å². The summed E-state index contributed by atoms with van der Waals surface area (Å²) in [4.78, 5) is 13.7. The molecule has 0 saturated carbocycles. The number of likely N-dealkylation sites (tertiary alicyclic amines) is 1. The van der Waals surface area contributed by atoms with E-state index in [1.54, 1.807) is 0 Å². The maximum Gasteiger partial charge on any atom is 0.234 e. The van der Waals surface area contributed by atoms with Gasteiger partial charge in [-0.1, -0.05) is 27.7 Å². The third kappa shape index (κ3) is 3.98. The van der Waals surface area contributed by atoms with E-state index in [4.69, 9.17) is 5.73 Å². The van der Waals surface area contributed by atoms with Crippen molar-refractivity contribution in [3.63, 3.8) is 0 Å². The Kier molecular flexibility index (Phi) is 4.99. The number of amides is 1. The summed E-state index contributed by atoms with van der Waals surface area (Å²) in [5.74, 6) is 0.597. The standard InChI is InChI=1S/C14H28N2O/c1-5-12(13(15)17)16-9-6-7-11(8-10-16)14(2,3)4/h11-12H,5-10H2,1-4H3,(H2,15,17). The van der Waals surface area contributed by atoms with E-state index in [0.717, 1.165) is 25.4 Å². The molecule has 2 N–H and O–H groups in total. The third-order valence-electron chi connectivity index (χ3n) is 4.14. The second-order valence-electron chi connectivity index (χ2n) is 6.36. The van der Waals surface area contributed by atoms with E-state index in [2.05, 4.69) is 25.7 Å². The molecule has 1 heterocycles. The fourth-order valence-corrected chi connectivity index (χ4v) is 2.94. The van der Waals surface area contributed by atoms with Crippen LogP contribution < -0.4 is 5.73 Å². The summed E-state index contributed by atoms with van der Waals surface area (Å²) < 4.78 is 0. The van der Waals surface area contributed by atoms with Crippen molar-refractivity contribution in [2.24, 2.45) is 17.1 Å². The largest absolute Gasteiger partial charge is 0.368 e. The Morgan fingerprint density at radius 1 is 1.35 bits per heavy atom. The second-order valence-corrected chi connectivity index (χ2v) is 6.36. The van der Waals surface area contributed by atoms with Crippen molar-refractivity contribution in [2.75, 3.05) is 13.1 Å². The zero-order chi connectivity index (χ0) is 13.1. The Morgan fingerprint density at radius 3 is 2.47 bits per heavy atom. The normalized spacial score (nSPS) is 25.3. The minimum absolute atomic E-state index is 0.0614. The van der Waals surface area contributed by atoms with E-state index in [-0.39, 0.29) is 11.9 Å². The van der Waals surface area contributed by atoms with Crippen LogP contribution in [0.4, 0.5) is 0 Å². The van der Waals surface area contributed by atoms with Crippen LogP contribution in [0, 0.1) is 11.3 Å². The van der Waals surface area contributed by atoms with Gasteiger partial charge in [-0.15, -0.1) is 0 Å². The average molecular weight is 240 g/mol. The maximum absolute atomic E-state index is 11.4. The number of hydrogen-bond acceptors (Lipinski definition) is 2. The molecule has 2 atom stereocenters. The predicted octanol–water partition coefficient (Wildman–Crippen LogP) is 2.40. The number of carbonyl (C=O) groups is 1. The van der Waals surface area contributed by atoms with Crippen LogP contribution in [0.5, 0.6) is 0 Å². The molecule has 100 valence electrons. The predicted molar refractivity (Wildman–Crippen MR) is 71.6 cm³/mol. The quantitative estimate of drug-likeness (QED) is 0.823. The van der Waals surface area contributed by atoms with E-state index < -0.39 is 0 Å². The summed E-state index contributed by atoms with van der Waals surface area (Å²) in [6, 6.07) is -0.0614. The van der Waals surface area contributed by atoms with Crippen molar-refractivity contribution >= 4 is 5.91 Å². The first-order chi connectivity index (χ1) is 7.86. The first-order valence-electron chi connectivity index (χ1n) is 6.89. The summed E-state index contributed by atoms with van der Waals surface area (Å²) in [6.07, 6.45) is 4.48. The van der Waals surface area contributed by atoms with Crippen LogP contribution in [0.1, 0.15) is 53.4 Å². The van der Waals surface area contributed by atoms with Gasteiger partial charge in [0.2, 0.25) is 5.91 Å². The maximum atomic E-state index is 11.4. The molecule has 1 aliphatic heterocycles. The molecule has 0 aromatic heterocycles. The highest BCUT2D eigenvalue weighted by Crippen LogP contribution is 2.34. The van der Waals surface area contributed by atoms with Gasteiger partial charge >= 0.3 is 0 Å². The molecule has 0 radical (unpaired) electrons. The van der Waals surface area contributed by atoms with Gasteiger partial charge in [-0.25, -0.2) is 0 Å². The number of hydrogen-bond donors (Lipinski definition) is 1. The summed E-state index contributed by atoms with van der Waals surface area (Å²) in [5, 5.41) is 0. The highest BCUT2D eigenvalue weighted by atomic mass is 16.1. The lowest BCUT2D eigenvalue weighted by molar-refractivity contribution is -0.123. The minimum Gasteiger partial charge on any atom is -0.368 e. The smallest absolute Gasteiger partial charge is 0.234 e. The molecule has 0 aromatic carbocycles. The van der Waals surface area contributed by atoms with Gasteiger partial charge in [-0.3, -0.25) is 9.69 Å². The van der Waals surface area contributed by atoms with Crippen LogP contribution in [0.25, 0.3) is 0 Å². The monoisotopic (exact) mass is 240 g/mol. The third-order valence-corrected chi connectivity index (χ3v) is 4.14. The van der Waals surface area contributed by atoms with Crippen LogP contribution in [0.2, 0.25) is 0 Å². The Bertz CT molecular complexity index is 257. The highest BCUT2D eigenvalue weighted by molar-refractivity contribution is 5.79. The van der Waals surface area contributed by atoms with E-state index in [1.807, 2.05) is 6.92 Å². The van der Waals surface area contributed by atoms with E-state index in [0.29, 0.717) is 5.41 Å². The molecule has 2 unspecified atom stereocenters. The lowest BCUT2D eigenvalue weighted by Gasteiger charge is -2.30. The molecule has 1 saturated heterocycles. The summed E-state index contributed by atoms with van der Waals surface area (Å²) in [5.41, 5.74) is 5.85. The molecular formula is C14H28N2O. The lowest BCUT2D eigenvalue weighted by atomic mass is 9.77. The van der Waals surface area contributed by atoms with Crippen molar-refractivity contribution in [2.45, 2.75) is 59.4 Å². The molecular weight excluding hydrogens is 212 g/mol.